The Hall–Kier alpha value is -1.35. The molecule has 1 atom stereocenters. The van der Waals surface area contributed by atoms with E-state index in [-0.39, 0.29) is 11.8 Å². The molecule has 88 valence electrons. The monoisotopic (exact) mass is 221 g/mol. The van der Waals surface area contributed by atoms with Crippen molar-refractivity contribution in [3.8, 4) is 5.75 Å². The molecule has 0 spiro atoms. The molecule has 0 aliphatic heterocycles. The summed E-state index contributed by atoms with van der Waals surface area (Å²) in [6.45, 7) is 5.73. The van der Waals surface area contributed by atoms with Crippen LogP contribution in [0.15, 0.2) is 12.1 Å². The molecule has 3 nitrogen and oxygen atoms in total. The van der Waals surface area contributed by atoms with Gasteiger partial charge in [0.2, 0.25) is 0 Å². The molecule has 0 heterocycles. The third-order valence-electron chi connectivity index (χ3n) is 2.45. The van der Waals surface area contributed by atoms with E-state index in [9.17, 15) is 4.79 Å². The van der Waals surface area contributed by atoms with E-state index in [2.05, 4.69) is 0 Å². The molecular formula is C13H19NO2. The molecule has 3 heteroatoms. The van der Waals surface area contributed by atoms with Crippen LogP contribution in [0.5, 0.6) is 5.75 Å². The van der Waals surface area contributed by atoms with Crippen LogP contribution >= 0.6 is 0 Å². The van der Waals surface area contributed by atoms with Crippen LogP contribution in [-0.2, 0) is 0 Å². The normalized spacial score (nSPS) is 12.3. The highest BCUT2D eigenvalue weighted by atomic mass is 16.5. The molecular weight excluding hydrogens is 202 g/mol. The van der Waals surface area contributed by atoms with Crippen LogP contribution in [0.3, 0.4) is 0 Å². The number of hydrogen-bond donors (Lipinski definition) is 1. The van der Waals surface area contributed by atoms with E-state index in [0.717, 1.165) is 11.1 Å². The summed E-state index contributed by atoms with van der Waals surface area (Å²) in [7, 11) is 1.58. The molecule has 2 N–H and O–H groups in total. The standard InChI is InChI=1S/C13H19NO2/c1-8-5-9(2)13(12(6-8)16-4)11(15)7-10(3)14/h5-6,10H,7,14H2,1-4H3. The third kappa shape index (κ3) is 2.83. The number of hydrogen-bond acceptors (Lipinski definition) is 3. The number of benzene rings is 1. The topological polar surface area (TPSA) is 52.3 Å². The lowest BCUT2D eigenvalue weighted by molar-refractivity contribution is 0.0973. The zero-order valence-corrected chi connectivity index (χ0v) is 10.3. The van der Waals surface area contributed by atoms with Gasteiger partial charge in [-0.15, -0.1) is 0 Å². The van der Waals surface area contributed by atoms with Crippen molar-refractivity contribution >= 4 is 5.78 Å². The van der Waals surface area contributed by atoms with Gasteiger partial charge in [-0.2, -0.15) is 0 Å². The highest BCUT2D eigenvalue weighted by Crippen LogP contribution is 2.25. The Kier molecular flexibility index (Phi) is 4.07. The Morgan fingerprint density at radius 2 is 2.06 bits per heavy atom. The van der Waals surface area contributed by atoms with Crippen LogP contribution < -0.4 is 10.5 Å². The van der Waals surface area contributed by atoms with E-state index < -0.39 is 0 Å². The minimum atomic E-state index is -0.127. The van der Waals surface area contributed by atoms with Gasteiger partial charge in [0, 0.05) is 12.5 Å². The summed E-state index contributed by atoms with van der Waals surface area (Å²) in [6, 6.07) is 3.73. The molecule has 0 radical (unpaired) electrons. The van der Waals surface area contributed by atoms with E-state index in [4.69, 9.17) is 10.5 Å². The van der Waals surface area contributed by atoms with Gasteiger partial charge in [0.15, 0.2) is 5.78 Å². The first-order valence-electron chi connectivity index (χ1n) is 5.39. The summed E-state index contributed by atoms with van der Waals surface area (Å²) in [4.78, 5) is 12.0. The minimum Gasteiger partial charge on any atom is -0.496 e. The molecule has 1 aromatic rings. The number of carbonyl (C=O) groups is 1. The molecule has 0 aliphatic carbocycles. The first-order valence-corrected chi connectivity index (χ1v) is 5.39. The van der Waals surface area contributed by atoms with E-state index >= 15 is 0 Å². The van der Waals surface area contributed by atoms with Crippen LogP contribution in [-0.4, -0.2) is 18.9 Å². The average Bonchev–Trinajstić information content (AvgIpc) is 2.14. The van der Waals surface area contributed by atoms with Gasteiger partial charge in [-0.25, -0.2) is 0 Å². The first kappa shape index (κ1) is 12.7. The Morgan fingerprint density at radius 1 is 1.44 bits per heavy atom. The minimum absolute atomic E-state index is 0.0457. The summed E-state index contributed by atoms with van der Waals surface area (Å²) in [6.07, 6.45) is 0.347. The Balaban J connectivity index is 3.16. The molecule has 0 aliphatic rings. The highest BCUT2D eigenvalue weighted by Gasteiger charge is 2.16. The molecule has 1 aromatic carbocycles. The Labute approximate surface area is 96.6 Å². The molecule has 0 aromatic heterocycles. The van der Waals surface area contributed by atoms with Crippen molar-refractivity contribution in [2.24, 2.45) is 5.73 Å². The van der Waals surface area contributed by atoms with Crippen molar-refractivity contribution in [3.05, 3.63) is 28.8 Å². The summed E-state index contributed by atoms with van der Waals surface area (Å²) < 4.78 is 5.25. The molecule has 0 saturated carbocycles. The lowest BCUT2D eigenvalue weighted by Gasteiger charge is -2.13. The van der Waals surface area contributed by atoms with Gasteiger partial charge in [-0.1, -0.05) is 6.07 Å². The van der Waals surface area contributed by atoms with Crippen molar-refractivity contribution in [2.45, 2.75) is 33.2 Å². The van der Waals surface area contributed by atoms with Gasteiger partial charge in [0.25, 0.3) is 0 Å². The number of nitrogens with two attached hydrogens (primary N) is 1. The van der Waals surface area contributed by atoms with Crippen LogP contribution in [0, 0.1) is 13.8 Å². The van der Waals surface area contributed by atoms with Gasteiger partial charge < -0.3 is 10.5 Å². The number of Topliss-reactive ketones (excluding diaryl/α,β-unsaturated/α-hetero) is 1. The highest BCUT2D eigenvalue weighted by molar-refractivity contribution is 6.00. The average molecular weight is 221 g/mol. The lowest BCUT2D eigenvalue weighted by Crippen LogP contribution is -2.20. The molecule has 1 unspecified atom stereocenters. The maximum absolute atomic E-state index is 12.0. The fourth-order valence-corrected chi connectivity index (χ4v) is 1.84. The zero-order chi connectivity index (χ0) is 12.3. The predicted molar refractivity (Wildman–Crippen MR) is 65.1 cm³/mol. The molecule has 16 heavy (non-hydrogen) atoms. The maximum atomic E-state index is 12.0. The SMILES string of the molecule is COc1cc(C)cc(C)c1C(=O)CC(C)N. The van der Waals surface area contributed by atoms with Gasteiger partial charge >= 0.3 is 0 Å². The summed E-state index contributed by atoms with van der Waals surface area (Å²) >= 11 is 0. The van der Waals surface area contributed by atoms with Crippen LogP contribution in [0.4, 0.5) is 0 Å². The summed E-state index contributed by atoms with van der Waals surface area (Å²) in [5.41, 5.74) is 8.33. The number of ether oxygens (including phenoxy) is 1. The lowest BCUT2D eigenvalue weighted by atomic mass is 9.97. The number of aryl methyl sites for hydroxylation is 2. The van der Waals surface area contributed by atoms with E-state index in [1.807, 2.05) is 32.9 Å². The van der Waals surface area contributed by atoms with E-state index in [0.29, 0.717) is 17.7 Å². The summed E-state index contributed by atoms with van der Waals surface area (Å²) in [5, 5.41) is 0. The van der Waals surface area contributed by atoms with Crippen molar-refractivity contribution in [3.63, 3.8) is 0 Å². The van der Waals surface area contributed by atoms with Crippen molar-refractivity contribution < 1.29 is 9.53 Å². The van der Waals surface area contributed by atoms with Crippen LogP contribution in [0.25, 0.3) is 0 Å². The van der Waals surface area contributed by atoms with Crippen molar-refractivity contribution in [1.82, 2.24) is 0 Å². The maximum Gasteiger partial charge on any atom is 0.168 e. The predicted octanol–water partition coefficient (Wildman–Crippen LogP) is 2.23. The number of rotatable bonds is 4. The summed E-state index contributed by atoms with van der Waals surface area (Å²) in [5.74, 6) is 0.688. The first-order chi connectivity index (χ1) is 7.45. The molecule has 0 fully saturated rings. The zero-order valence-electron chi connectivity index (χ0n) is 10.3. The third-order valence-corrected chi connectivity index (χ3v) is 2.45. The van der Waals surface area contributed by atoms with Crippen LogP contribution in [0.1, 0.15) is 34.8 Å². The second-order valence-electron chi connectivity index (χ2n) is 4.26. The second kappa shape index (κ2) is 5.12. The smallest absolute Gasteiger partial charge is 0.168 e. The van der Waals surface area contributed by atoms with Gasteiger partial charge in [0.05, 0.1) is 12.7 Å². The largest absolute Gasteiger partial charge is 0.496 e. The van der Waals surface area contributed by atoms with Crippen molar-refractivity contribution in [1.29, 1.82) is 0 Å². The van der Waals surface area contributed by atoms with Gasteiger partial charge in [-0.05, 0) is 38.0 Å². The molecule has 0 saturated heterocycles. The van der Waals surface area contributed by atoms with Crippen LogP contribution in [0.2, 0.25) is 0 Å². The fourth-order valence-electron chi connectivity index (χ4n) is 1.84. The van der Waals surface area contributed by atoms with Crippen molar-refractivity contribution in [2.75, 3.05) is 7.11 Å². The number of methoxy groups -OCH3 is 1. The fraction of sp³-hybridized carbons (Fsp3) is 0.462. The van der Waals surface area contributed by atoms with E-state index in [1.54, 1.807) is 7.11 Å². The van der Waals surface area contributed by atoms with Gasteiger partial charge in [0.1, 0.15) is 5.75 Å². The second-order valence-corrected chi connectivity index (χ2v) is 4.26. The molecule has 1 rings (SSSR count). The molecule has 0 bridgehead atoms. The number of ketones is 1. The van der Waals surface area contributed by atoms with Gasteiger partial charge in [-0.3, -0.25) is 4.79 Å². The molecule has 0 amide bonds. The van der Waals surface area contributed by atoms with E-state index in [1.165, 1.54) is 0 Å². The Bertz CT molecular complexity index is 397. The number of carbonyl (C=O) groups excluding carboxylic acids is 1. The Morgan fingerprint density at radius 3 is 2.56 bits per heavy atom. The quantitative estimate of drug-likeness (QED) is 0.793.